The van der Waals surface area contributed by atoms with Crippen LogP contribution in [0.5, 0.6) is 11.5 Å². The summed E-state index contributed by atoms with van der Waals surface area (Å²) in [7, 11) is 0. The van der Waals surface area contributed by atoms with Crippen LogP contribution < -0.4 is 14.5 Å². The third-order valence-corrected chi connectivity index (χ3v) is 6.07. The van der Waals surface area contributed by atoms with Gasteiger partial charge in [0.2, 0.25) is 0 Å². The summed E-state index contributed by atoms with van der Waals surface area (Å²) in [4.78, 5) is 0. The first-order valence-electron chi connectivity index (χ1n) is 10.9. The molecule has 0 unspecified atom stereocenters. The van der Waals surface area contributed by atoms with Crippen molar-refractivity contribution >= 4 is 45.1 Å². The van der Waals surface area contributed by atoms with E-state index < -0.39 is 0 Å². The molecule has 0 aliphatic carbocycles. The number of rotatable bonds is 9. The minimum absolute atomic E-state index is 0.343. The molecule has 0 saturated carbocycles. The normalized spacial score (nSPS) is 10.9. The molecule has 0 heterocycles. The highest BCUT2D eigenvalue weighted by Crippen LogP contribution is 2.35. The minimum Gasteiger partial charge on any atom is -0.490 e. The molecule has 0 aliphatic rings. The second-order valence-corrected chi connectivity index (χ2v) is 8.62. The second kappa shape index (κ2) is 11.7. The van der Waals surface area contributed by atoms with Crippen LogP contribution in [0, 0.1) is 0 Å². The summed E-state index contributed by atoms with van der Waals surface area (Å²) in [6, 6.07) is 31.5. The number of hydrogen-bond donors (Lipinski definition) is 0. The third kappa shape index (κ3) is 5.99. The Morgan fingerprint density at radius 2 is 1.41 bits per heavy atom. The zero-order chi connectivity index (χ0) is 23.8. The molecule has 0 N–H and O–H groups in total. The lowest BCUT2D eigenvalue weighted by Gasteiger charge is -2.19. The van der Waals surface area contributed by atoms with Crippen molar-refractivity contribution in [2.75, 3.05) is 11.6 Å². The molecule has 4 nitrogen and oxygen atoms in total. The molecule has 0 radical (unpaired) electrons. The van der Waals surface area contributed by atoms with E-state index in [0.29, 0.717) is 29.7 Å². The van der Waals surface area contributed by atoms with Crippen molar-refractivity contribution in [2.24, 2.45) is 5.10 Å². The monoisotopic (exact) mass is 534 g/mol. The zero-order valence-electron chi connectivity index (χ0n) is 18.7. The molecule has 4 aromatic carbocycles. The van der Waals surface area contributed by atoms with Gasteiger partial charge in [-0.1, -0.05) is 66.2 Å². The zero-order valence-corrected chi connectivity index (χ0v) is 21.0. The van der Waals surface area contributed by atoms with E-state index in [1.165, 1.54) is 0 Å². The van der Waals surface area contributed by atoms with Crippen LogP contribution >= 0.6 is 27.5 Å². The molecule has 0 spiro atoms. The van der Waals surface area contributed by atoms with Crippen molar-refractivity contribution in [2.45, 2.75) is 13.5 Å². The molecule has 0 atom stereocenters. The molecule has 4 aromatic rings. The van der Waals surface area contributed by atoms with E-state index >= 15 is 0 Å². The van der Waals surface area contributed by atoms with Crippen LogP contribution in [0.15, 0.2) is 107 Å². The summed E-state index contributed by atoms with van der Waals surface area (Å²) in [5.74, 6) is 1.28. The number of nitrogens with zero attached hydrogens (tertiary/aromatic N) is 2. The van der Waals surface area contributed by atoms with Crippen molar-refractivity contribution in [3.8, 4) is 11.5 Å². The van der Waals surface area contributed by atoms with Crippen LogP contribution in [0.3, 0.4) is 0 Å². The van der Waals surface area contributed by atoms with E-state index in [1.807, 2.05) is 115 Å². The Bertz CT molecular complexity index is 1210. The molecule has 6 heteroatoms. The SMILES string of the molecule is CCOc1cc(/C=N\N(c2ccccc2)c2ccccc2)c(Br)cc1OCc1ccccc1Cl. The minimum atomic E-state index is 0.343. The van der Waals surface area contributed by atoms with Crippen LogP contribution in [-0.4, -0.2) is 12.8 Å². The first kappa shape index (κ1) is 23.9. The largest absolute Gasteiger partial charge is 0.490 e. The molecule has 172 valence electrons. The van der Waals surface area contributed by atoms with Crippen molar-refractivity contribution in [1.82, 2.24) is 0 Å². The first-order chi connectivity index (χ1) is 16.7. The van der Waals surface area contributed by atoms with E-state index in [2.05, 4.69) is 15.9 Å². The molecule has 0 fully saturated rings. The number of para-hydroxylation sites is 2. The predicted molar refractivity (Wildman–Crippen MR) is 144 cm³/mol. The summed E-state index contributed by atoms with van der Waals surface area (Å²) >= 11 is 9.94. The summed E-state index contributed by atoms with van der Waals surface area (Å²) in [6.45, 7) is 2.80. The Balaban J connectivity index is 1.63. The number of halogens is 2. The molecular weight excluding hydrogens is 512 g/mol. The Morgan fingerprint density at radius 1 is 0.824 bits per heavy atom. The molecule has 0 aromatic heterocycles. The van der Waals surface area contributed by atoms with Crippen LogP contribution in [0.2, 0.25) is 5.02 Å². The van der Waals surface area contributed by atoms with Crippen molar-refractivity contribution in [1.29, 1.82) is 0 Å². The predicted octanol–water partition coefficient (Wildman–Crippen LogP) is 8.25. The van der Waals surface area contributed by atoms with Gasteiger partial charge in [-0.05, 0) is 65.3 Å². The van der Waals surface area contributed by atoms with E-state index in [4.69, 9.17) is 26.2 Å². The van der Waals surface area contributed by atoms with Gasteiger partial charge in [0.25, 0.3) is 0 Å². The van der Waals surface area contributed by atoms with Gasteiger partial charge in [0, 0.05) is 20.6 Å². The standard InChI is InChI=1S/C28H24BrClN2O2/c1-2-33-27-17-22(25(29)18-28(27)34-20-21-11-9-10-16-26(21)30)19-31-32(23-12-5-3-6-13-23)24-14-7-4-8-15-24/h3-19H,2,20H2,1H3/b31-19-. The lowest BCUT2D eigenvalue weighted by atomic mass is 10.2. The van der Waals surface area contributed by atoms with E-state index in [1.54, 1.807) is 0 Å². The number of hydrogen-bond acceptors (Lipinski definition) is 4. The van der Waals surface area contributed by atoms with Crippen LogP contribution in [0.1, 0.15) is 18.1 Å². The van der Waals surface area contributed by atoms with E-state index in [0.717, 1.165) is 27.0 Å². The summed E-state index contributed by atoms with van der Waals surface area (Å²) in [5.41, 5.74) is 3.71. The lowest BCUT2D eigenvalue weighted by molar-refractivity contribution is 0.269. The molecule has 34 heavy (non-hydrogen) atoms. The molecule has 0 saturated heterocycles. The lowest BCUT2D eigenvalue weighted by Crippen LogP contribution is -2.09. The maximum Gasteiger partial charge on any atom is 0.162 e. The van der Waals surface area contributed by atoms with Crippen molar-refractivity contribution in [3.05, 3.63) is 118 Å². The van der Waals surface area contributed by atoms with Crippen molar-refractivity contribution < 1.29 is 9.47 Å². The van der Waals surface area contributed by atoms with E-state index in [9.17, 15) is 0 Å². The maximum absolute atomic E-state index is 6.28. The highest BCUT2D eigenvalue weighted by Gasteiger charge is 2.13. The van der Waals surface area contributed by atoms with Gasteiger partial charge in [0.1, 0.15) is 6.61 Å². The third-order valence-electron chi connectivity index (χ3n) is 5.02. The summed E-state index contributed by atoms with van der Waals surface area (Å²) < 4.78 is 12.8. The average molecular weight is 536 g/mol. The Kier molecular flexibility index (Phi) is 8.23. The van der Waals surface area contributed by atoms with Crippen LogP contribution in [0.4, 0.5) is 11.4 Å². The smallest absolute Gasteiger partial charge is 0.162 e. The topological polar surface area (TPSA) is 34.1 Å². The van der Waals surface area contributed by atoms with Gasteiger partial charge in [-0.25, -0.2) is 5.01 Å². The average Bonchev–Trinajstić information content (AvgIpc) is 2.87. The van der Waals surface area contributed by atoms with Crippen molar-refractivity contribution in [3.63, 3.8) is 0 Å². The number of benzene rings is 4. The fourth-order valence-corrected chi connectivity index (χ4v) is 3.96. The van der Waals surface area contributed by atoms with Gasteiger partial charge in [-0.15, -0.1) is 0 Å². The fourth-order valence-electron chi connectivity index (χ4n) is 3.34. The van der Waals surface area contributed by atoms with Gasteiger partial charge in [-0.2, -0.15) is 5.10 Å². The van der Waals surface area contributed by atoms with E-state index in [-0.39, 0.29) is 0 Å². The molecule has 0 aliphatic heterocycles. The molecule has 0 amide bonds. The van der Waals surface area contributed by atoms with Gasteiger partial charge in [0.15, 0.2) is 11.5 Å². The molecule has 4 rings (SSSR count). The number of ether oxygens (including phenoxy) is 2. The second-order valence-electron chi connectivity index (χ2n) is 7.36. The Hall–Kier alpha value is -3.28. The quantitative estimate of drug-likeness (QED) is 0.160. The Labute approximate surface area is 213 Å². The maximum atomic E-state index is 6.28. The van der Waals surface area contributed by atoms with Crippen LogP contribution in [-0.2, 0) is 6.61 Å². The fraction of sp³-hybridized carbons (Fsp3) is 0.107. The summed E-state index contributed by atoms with van der Waals surface area (Å²) in [6.07, 6.45) is 1.81. The highest BCUT2D eigenvalue weighted by molar-refractivity contribution is 9.10. The molecule has 0 bridgehead atoms. The van der Waals surface area contributed by atoms with Gasteiger partial charge < -0.3 is 9.47 Å². The van der Waals surface area contributed by atoms with Crippen LogP contribution in [0.25, 0.3) is 0 Å². The Morgan fingerprint density at radius 3 is 2.03 bits per heavy atom. The highest BCUT2D eigenvalue weighted by atomic mass is 79.9. The number of hydrazone groups is 1. The first-order valence-corrected chi connectivity index (χ1v) is 12.1. The number of anilines is 2. The molecular formula is C28H24BrClN2O2. The van der Waals surface area contributed by atoms with Gasteiger partial charge in [0.05, 0.1) is 24.2 Å². The van der Waals surface area contributed by atoms with Gasteiger partial charge >= 0.3 is 0 Å². The van der Waals surface area contributed by atoms with Gasteiger partial charge in [-0.3, -0.25) is 0 Å². The summed E-state index contributed by atoms with van der Waals surface area (Å²) in [5, 5.41) is 7.36.